The van der Waals surface area contributed by atoms with Gasteiger partial charge in [-0.15, -0.1) is 0 Å². The van der Waals surface area contributed by atoms with Gasteiger partial charge >= 0.3 is 5.97 Å². The summed E-state index contributed by atoms with van der Waals surface area (Å²) in [6.45, 7) is 1.97. The minimum atomic E-state index is -0.377. The third kappa shape index (κ3) is 3.77. The second kappa shape index (κ2) is 7.25. The molecule has 1 N–H and O–H groups in total. The van der Waals surface area contributed by atoms with Crippen LogP contribution in [-0.2, 0) is 0 Å². The van der Waals surface area contributed by atoms with Crippen molar-refractivity contribution >= 4 is 28.4 Å². The Morgan fingerprint density at radius 2 is 1.63 bits per heavy atom. The molecule has 0 saturated carbocycles. The minimum absolute atomic E-state index is 0.377. The normalized spacial score (nSPS) is 10.6. The molecule has 0 bridgehead atoms. The summed E-state index contributed by atoms with van der Waals surface area (Å²) < 4.78 is 5.42. The molecule has 3 aromatic carbocycles. The molecule has 0 radical (unpaired) electrons. The fourth-order valence-corrected chi connectivity index (χ4v) is 2.70. The third-order valence-electron chi connectivity index (χ3n) is 4.16. The predicted molar refractivity (Wildman–Crippen MR) is 105 cm³/mol. The molecule has 0 saturated heterocycles. The van der Waals surface area contributed by atoms with Crippen LogP contribution < -0.4 is 10.1 Å². The van der Waals surface area contributed by atoms with Gasteiger partial charge in [0.1, 0.15) is 17.9 Å². The summed E-state index contributed by atoms with van der Waals surface area (Å²) in [7, 11) is 0. The van der Waals surface area contributed by atoms with Crippen LogP contribution in [0.5, 0.6) is 5.75 Å². The van der Waals surface area contributed by atoms with Crippen LogP contribution in [-0.4, -0.2) is 15.9 Å². The number of esters is 1. The molecule has 0 spiro atoms. The van der Waals surface area contributed by atoms with Gasteiger partial charge in [-0.25, -0.2) is 14.8 Å². The first-order chi connectivity index (χ1) is 13.2. The van der Waals surface area contributed by atoms with Crippen molar-refractivity contribution in [3.63, 3.8) is 0 Å². The Morgan fingerprint density at radius 3 is 2.41 bits per heavy atom. The molecule has 27 heavy (non-hydrogen) atoms. The lowest BCUT2D eigenvalue weighted by Crippen LogP contribution is -2.08. The van der Waals surface area contributed by atoms with E-state index in [1.165, 1.54) is 6.33 Å². The highest BCUT2D eigenvalue weighted by atomic mass is 16.5. The first-order valence-corrected chi connectivity index (χ1v) is 8.55. The lowest BCUT2D eigenvalue weighted by Gasteiger charge is -2.09. The van der Waals surface area contributed by atoms with Gasteiger partial charge in [0.15, 0.2) is 0 Å². The molecule has 0 amide bonds. The first kappa shape index (κ1) is 16.7. The number of carbonyl (C=O) groups excluding carboxylic acids is 1. The quantitative estimate of drug-likeness (QED) is 0.417. The number of rotatable bonds is 4. The zero-order chi connectivity index (χ0) is 18.6. The number of hydrogen-bond acceptors (Lipinski definition) is 5. The average molecular weight is 355 g/mol. The van der Waals surface area contributed by atoms with Crippen molar-refractivity contribution in [2.45, 2.75) is 6.92 Å². The van der Waals surface area contributed by atoms with Gasteiger partial charge in [0.25, 0.3) is 0 Å². The standard InChI is InChI=1S/C22H17N3O2/c1-15-6-8-16(9-7-15)22(26)27-18-12-10-17(11-13-18)25-21-19-4-2-3-5-20(19)23-14-24-21/h2-14H,1H3,(H,23,24,25). The molecular weight excluding hydrogens is 338 g/mol. The molecule has 0 aliphatic rings. The first-order valence-electron chi connectivity index (χ1n) is 8.55. The Kier molecular flexibility index (Phi) is 4.49. The molecule has 0 aliphatic heterocycles. The second-order valence-electron chi connectivity index (χ2n) is 6.14. The van der Waals surface area contributed by atoms with E-state index < -0.39 is 0 Å². The topological polar surface area (TPSA) is 64.1 Å². The number of anilines is 2. The maximum atomic E-state index is 12.2. The van der Waals surface area contributed by atoms with Crippen molar-refractivity contribution in [2.75, 3.05) is 5.32 Å². The molecule has 0 unspecified atom stereocenters. The average Bonchev–Trinajstić information content (AvgIpc) is 2.70. The van der Waals surface area contributed by atoms with Gasteiger partial charge in [-0.2, -0.15) is 0 Å². The smallest absolute Gasteiger partial charge is 0.343 e. The number of hydrogen-bond donors (Lipinski definition) is 1. The van der Waals surface area contributed by atoms with E-state index in [4.69, 9.17) is 4.74 Å². The number of ether oxygens (including phenoxy) is 1. The van der Waals surface area contributed by atoms with Crippen LogP contribution in [0, 0.1) is 6.92 Å². The lowest BCUT2D eigenvalue weighted by molar-refractivity contribution is 0.0735. The molecule has 5 nitrogen and oxygen atoms in total. The Hall–Kier alpha value is -3.73. The fourth-order valence-electron chi connectivity index (χ4n) is 2.70. The maximum Gasteiger partial charge on any atom is 0.343 e. The fraction of sp³-hybridized carbons (Fsp3) is 0.0455. The van der Waals surface area contributed by atoms with E-state index in [1.54, 1.807) is 24.3 Å². The van der Waals surface area contributed by atoms with Gasteiger partial charge < -0.3 is 10.1 Å². The van der Waals surface area contributed by atoms with Crippen LogP contribution >= 0.6 is 0 Å². The summed E-state index contributed by atoms with van der Waals surface area (Å²) in [6, 6.07) is 22.3. The summed E-state index contributed by atoms with van der Waals surface area (Å²) in [5, 5.41) is 4.21. The van der Waals surface area contributed by atoms with Gasteiger partial charge in [-0.3, -0.25) is 0 Å². The van der Waals surface area contributed by atoms with Gasteiger partial charge in [-0.05, 0) is 55.5 Å². The Labute approximate surface area is 156 Å². The number of para-hydroxylation sites is 1. The number of aromatic nitrogens is 2. The Morgan fingerprint density at radius 1 is 0.889 bits per heavy atom. The van der Waals surface area contributed by atoms with E-state index in [9.17, 15) is 4.79 Å². The van der Waals surface area contributed by atoms with Crippen LogP contribution in [0.25, 0.3) is 10.9 Å². The molecule has 132 valence electrons. The van der Waals surface area contributed by atoms with Crippen LogP contribution in [0.1, 0.15) is 15.9 Å². The van der Waals surface area contributed by atoms with Crippen molar-refractivity contribution in [1.82, 2.24) is 9.97 Å². The highest BCUT2D eigenvalue weighted by Gasteiger charge is 2.09. The van der Waals surface area contributed by atoms with Crippen molar-refractivity contribution in [3.8, 4) is 5.75 Å². The van der Waals surface area contributed by atoms with Crippen LogP contribution in [0.2, 0.25) is 0 Å². The molecule has 4 rings (SSSR count). The van der Waals surface area contributed by atoms with Crippen LogP contribution in [0.4, 0.5) is 11.5 Å². The molecule has 1 aromatic heterocycles. The summed E-state index contributed by atoms with van der Waals surface area (Å²) in [4.78, 5) is 20.8. The Bertz CT molecular complexity index is 1090. The molecule has 5 heteroatoms. The maximum absolute atomic E-state index is 12.2. The van der Waals surface area contributed by atoms with E-state index >= 15 is 0 Å². The molecule has 0 fully saturated rings. The molecule has 0 aliphatic carbocycles. The SMILES string of the molecule is Cc1ccc(C(=O)Oc2ccc(Nc3ncnc4ccccc34)cc2)cc1. The number of nitrogens with zero attached hydrogens (tertiary/aromatic N) is 2. The highest BCUT2D eigenvalue weighted by Crippen LogP contribution is 2.24. The summed E-state index contributed by atoms with van der Waals surface area (Å²) in [5.74, 6) is 0.834. The van der Waals surface area contributed by atoms with Gasteiger partial charge in [-0.1, -0.05) is 29.8 Å². The lowest BCUT2D eigenvalue weighted by atomic mass is 10.1. The van der Waals surface area contributed by atoms with Crippen molar-refractivity contribution in [2.24, 2.45) is 0 Å². The number of aryl methyl sites for hydroxylation is 1. The summed E-state index contributed by atoms with van der Waals surface area (Å²) >= 11 is 0. The van der Waals surface area contributed by atoms with Gasteiger partial charge in [0, 0.05) is 11.1 Å². The van der Waals surface area contributed by atoms with Crippen LogP contribution in [0.3, 0.4) is 0 Å². The van der Waals surface area contributed by atoms with Crippen LogP contribution in [0.15, 0.2) is 79.1 Å². The zero-order valence-electron chi connectivity index (χ0n) is 14.7. The zero-order valence-corrected chi connectivity index (χ0v) is 14.7. The van der Waals surface area contributed by atoms with Gasteiger partial charge in [0.05, 0.1) is 11.1 Å². The number of carbonyl (C=O) groups is 1. The Balaban J connectivity index is 1.49. The van der Waals surface area contributed by atoms with E-state index in [-0.39, 0.29) is 5.97 Å². The number of nitrogens with one attached hydrogen (secondary N) is 1. The van der Waals surface area contributed by atoms with Crippen molar-refractivity contribution in [3.05, 3.63) is 90.3 Å². The molecular formula is C22H17N3O2. The highest BCUT2D eigenvalue weighted by molar-refractivity contribution is 5.91. The molecule has 1 heterocycles. The van der Waals surface area contributed by atoms with Gasteiger partial charge in [0.2, 0.25) is 0 Å². The summed E-state index contributed by atoms with van der Waals surface area (Å²) in [6.07, 6.45) is 1.53. The largest absolute Gasteiger partial charge is 0.423 e. The third-order valence-corrected chi connectivity index (χ3v) is 4.16. The predicted octanol–water partition coefficient (Wildman–Crippen LogP) is 4.90. The molecule has 0 atom stereocenters. The van der Waals surface area contributed by atoms with Crippen molar-refractivity contribution < 1.29 is 9.53 Å². The number of benzene rings is 3. The monoisotopic (exact) mass is 355 g/mol. The summed E-state index contributed by atoms with van der Waals surface area (Å²) in [5.41, 5.74) is 3.34. The van der Waals surface area contributed by atoms with E-state index in [2.05, 4.69) is 15.3 Å². The number of fused-ring (bicyclic) bond motifs is 1. The van der Waals surface area contributed by atoms with E-state index in [0.29, 0.717) is 11.3 Å². The van der Waals surface area contributed by atoms with E-state index in [1.807, 2.05) is 55.5 Å². The van der Waals surface area contributed by atoms with Crippen molar-refractivity contribution in [1.29, 1.82) is 0 Å². The molecule has 4 aromatic rings. The van der Waals surface area contributed by atoms with E-state index in [0.717, 1.165) is 28.0 Å². The minimum Gasteiger partial charge on any atom is -0.423 e. The second-order valence-corrected chi connectivity index (χ2v) is 6.14.